The average Bonchev–Trinajstić information content (AvgIpc) is 2.90. The van der Waals surface area contributed by atoms with E-state index >= 15 is 0 Å². The Morgan fingerprint density at radius 2 is 2.00 bits per heavy atom. The predicted octanol–water partition coefficient (Wildman–Crippen LogP) is 3.63. The molecule has 0 saturated heterocycles. The lowest BCUT2D eigenvalue weighted by Gasteiger charge is -2.21. The van der Waals surface area contributed by atoms with Gasteiger partial charge in [-0.2, -0.15) is 0 Å². The molecule has 0 radical (unpaired) electrons. The van der Waals surface area contributed by atoms with Crippen molar-refractivity contribution in [3.05, 3.63) is 71.2 Å². The molecule has 0 aliphatic carbocycles. The molecule has 3 aromatic rings. The summed E-state index contributed by atoms with van der Waals surface area (Å²) in [5.74, 6) is -0.721. The molecule has 0 fully saturated rings. The standard InChI is InChI=1S/C21H21FN2O2/c1-26-12-11-23-13-16-9-10-24(14-15-5-4-8-19(23)20(15)16)21(25)17-6-2-3-7-18(17)22/h2-8,13H,9-12,14H2,1H3. The summed E-state index contributed by atoms with van der Waals surface area (Å²) in [4.78, 5) is 14.6. The van der Waals surface area contributed by atoms with E-state index in [1.54, 1.807) is 30.2 Å². The van der Waals surface area contributed by atoms with Crippen LogP contribution in [0.5, 0.6) is 0 Å². The molecule has 0 atom stereocenters. The first-order chi connectivity index (χ1) is 12.7. The lowest BCUT2D eigenvalue weighted by molar-refractivity contribution is 0.0743. The van der Waals surface area contributed by atoms with Crippen LogP contribution in [0.4, 0.5) is 4.39 Å². The summed E-state index contributed by atoms with van der Waals surface area (Å²) in [5, 5.41) is 1.22. The highest BCUT2D eigenvalue weighted by atomic mass is 19.1. The number of methoxy groups -OCH3 is 1. The Morgan fingerprint density at radius 3 is 2.81 bits per heavy atom. The fourth-order valence-corrected chi connectivity index (χ4v) is 3.73. The van der Waals surface area contributed by atoms with Crippen LogP contribution in [0.25, 0.3) is 10.9 Å². The largest absolute Gasteiger partial charge is 0.383 e. The molecule has 26 heavy (non-hydrogen) atoms. The van der Waals surface area contributed by atoms with Gasteiger partial charge in [-0.05, 0) is 35.7 Å². The van der Waals surface area contributed by atoms with Crippen molar-refractivity contribution in [3.8, 4) is 0 Å². The number of nitrogens with zero attached hydrogens (tertiary/aromatic N) is 2. The molecule has 0 unspecified atom stereocenters. The van der Waals surface area contributed by atoms with Gasteiger partial charge in [-0.1, -0.05) is 24.3 Å². The second kappa shape index (κ2) is 6.92. The fourth-order valence-electron chi connectivity index (χ4n) is 3.73. The van der Waals surface area contributed by atoms with E-state index in [1.807, 2.05) is 6.07 Å². The number of carbonyl (C=O) groups is 1. The Balaban J connectivity index is 1.69. The first-order valence-corrected chi connectivity index (χ1v) is 8.81. The zero-order valence-electron chi connectivity index (χ0n) is 14.7. The highest BCUT2D eigenvalue weighted by molar-refractivity contribution is 5.95. The molecule has 0 saturated carbocycles. The number of halogens is 1. The number of aromatic nitrogens is 1. The van der Waals surface area contributed by atoms with Crippen LogP contribution in [-0.2, 0) is 24.2 Å². The summed E-state index contributed by atoms with van der Waals surface area (Å²) in [6, 6.07) is 12.4. The van der Waals surface area contributed by atoms with Crippen molar-refractivity contribution in [2.45, 2.75) is 19.5 Å². The molecule has 134 valence electrons. The summed E-state index contributed by atoms with van der Waals surface area (Å²) in [5.41, 5.74) is 3.64. The van der Waals surface area contributed by atoms with Crippen molar-refractivity contribution in [1.29, 1.82) is 0 Å². The van der Waals surface area contributed by atoms with Crippen molar-refractivity contribution in [2.75, 3.05) is 20.3 Å². The van der Waals surface area contributed by atoms with Crippen LogP contribution >= 0.6 is 0 Å². The Bertz CT molecular complexity index is 964. The van der Waals surface area contributed by atoms with Crippen molar-refractivity contribution < 1.29 is 13.9 Å². The van der Waals surface area contributed by atoms with E-state index in [0.29, 0.717) is 19.7 Å². The third-order valence-corrected chi connectivity index (χ3v) is 5.01. The van der Waals surface area contributed by atoms with E-state index in [4.69, 9.17) is 4.74 Å². The molecule has 0 spiro atoms. The highest BCUT2D eigenvalue weighted by Crippen LogP contribution is 2.30. The Morgan fingerprint density at radius 1 is 1.15 bits per heavy atom. The zero-order chi connectivity index (χ0) is 18.1. The maximum Gasteiger partial charge on any atom is 0.257 e. The van der Waals surface area contributed by atoms with Crippen molar-refractivity contribution >= 4 is 16.8 Å². The molecule has 2 aromatic carbocycles. The molecular formula is C21H21FN2O2. The van der Waals surface area contributed by atoms with E-state index in [9.17, 15) is 9.18 Å². The van der Waals surface area contributed by atoms with Crippen LogP contribution < -0.4 is 0 Å². The van der Waals surface area contributed by atoms with E-state index in [0.717, 1.165) is 24.0 Å². The molecular weight excluding hydrogens is 331 g/mol. The summed E-state index contributed by atoms with van der Waals surface area (Å²) >= 11 is 0. The number of benzene rings is 2. The van der Waals surface area contributed by atoms with Gasteiger partial charge in [-0.3, -0.25) is 4.79 Å². The summed E-state index contributed by atoms with van der Waals surface area (Å²) < 4.78 is 21.5. The summed E-state index contributed by atoms with van der Waals surface area (Å²) in [7, 11) is 1.70. The van der Waals surface area contributed by atoms with Crippen LogP contribution in [0.2, 0.25) is 0 Å². The Kier molecular flexibility index (Phi) is 4.47. The van der Waals surface area contributed by atoms with E-state index < -0.39 is 5.82 Å². The van der Waals surface area contributed by atoms with E-state index in [2.05, 4.69) is 22.9 Å². The normalized spacial score (nSPS) is 13.8. The minimum Gasteiger partial charge on any atom is -0.383 e. The molecule has 1 aliphatic heterocycles. The van der Waals surface area contributed by atoms with E-state index in [1.165, 1.54) is 17.0 Å². The zero-order valence-corrected chi connectivity index (χ0v) is 14.7. The minimum absolute atomic E-state index is 0.136. The molecule has 1 aromatic heterocycles. The minimum atomic E-state index is -0.468. The molecule has 4 rings (SSSR count). The first-order valence-electron chi connectivity index (χ1n) is 8.81. The average molecular weight is 352 g/mol. The van der Waals surface area contributed by atoms with E-state index in [-0.39, 0.29) is 11.5 Å². The maximum atomic E-state index is 14.0. The molecule has 0 bridgehead atoms. The smallest absolute Gasteiger partial charge is 0.257 e. The SMILES string of the molecule is COCCn1cc2c3c(cccc31)CN(C(=O)c1ccccc1F)CC2. The van der Waals surface area contributed by atoms with Gasteiger partial charge in [0, 0.05) is 43.8 Å². The lowest BCUT2D eigenvalue weighted by atomic mass is 10.1. The van der Waals surface area contributed by atoms with Gasteiger partial charge in [0.25, 0.3) is 5.91 Å². The highest BCUT2D eigenvalue weighted by Gasteiger charge is 2.24. The quantitative estimate of drug-likeness (QED) is 0.719. The summed E-state index contributed by atoms with van der Waals surface area (Å²) in [6.07, 6.45) is 2.91. The van der Waals surface area contributed by atoms with Crippen LogP contribution in [0.1, 0.15) is 21.5 Å². The molecule has 1 aliphatic rings. The number of carbonyl (C=O) groups excluding carboxylic acids is 1. The maximum absolute atomic E-state index is 14.0. The monoisotopic (exact) mass is 352 g/mol. The first kappa shape index (κ1) is 16.8. The van der Waals surface area contributed by atoms with Gasteiger partial charge in [-0.15, -0.1) is 0 Å². The molecule has 5 heteroatoms. The van der Waals surface area contributed by atoms with Gasteiger partial charge in [0.05, 0.1) is 12.2 Å². The third-order valence-electron chi connectivity index (χ3n) is 5.01. The fraction of sp³-hybridized carbons (Fsp3) is 0.286. The third kappa shape index (κ3) is 2.88. The number of ether oxygens (including phenoxy) is 1. The van der Waals surface area contributed by atoms with Gasteiger partial charge in [-0.25, -0.2) is 4.39 Å². The van der Waals surface area contributed by atoms with Crippen LogP contribution in [0, 0.1) is 5.82 Å². The molecule has 4 nitrogen and oxygen atoms in total. The number of hydrogen-bond acceptors (Lipinski definition) is 2. The summed E-state index contributed by atoms with van der Waals surface area (Å²) in [6.45, 7) is 2.52. The van der Waals surface area contributed by atoms with Gasteiger partial charge in [0.15, 0.2) is 0 Å². The molecule has 1 amide bonds. The second-order valence-electron chi connectivity index (χ2n) is 6.61. The Labute approximate surface area is 151 Å². The topological polar surface area (TPSA) is 34.5 Å². The second-order valence-corrected chi connectivity index (χ2v) is 6.61. The van der Waals surface area contributed by atoms with Crippen molar-refractivity contribution in [1.82, 2.24) is 9.47 Å². The van der Waals surface area contributed by atoms with Gasteiger partial charge < -0.3 is 14.2 Å². The predicted molar refractivity (Wildman–Crippen MR) is 98.7 cm³/mol. The van der Waals surface area contributed by atoms with Crippen LogP contribution in [-0.4, -0.2) is 35.6 Å². The number of rotatable bonds is 4. The van der Waals surface area contributed by atoms with Crippen molar-refractivity contribution in [3.63, 3.8) is 0 Å². The van der Waals surface area contributed by atoms with Crippen LogP contribution in [0.15, 0.2) is 48.7 Å². The number of amides is 1. The van der Waals surface area contributed by atoms with Crippen LogP contribution in [0.3, 0.4) is 0 Å². The van der Waals surface area contributed by atoms with Crippen molar-refractivity contribution in [2.24, 2.45) is 0 Å². The number of hydrogen-bond donors (Lipinski definition) is 0. The van der Waals surface area contributed by atoms with Gasteiger partial charge in [0.1, 0.15) is 5.82 Å². The Hall–Kier alpha value is -2.66. The van der Waals surface area contributed by atoms with Gasteiger partial charge in [0.2, 0.25) is 0 Å². The molecule has 2 heterocycles. The van der Waals surface area contributed by atoms with Gasteiger partial charge >= 0.3 is 0 Å². The molecule has 0 N–H and O–H groups in total. The lowest BCUT2D eigenvalue weighted by Crippen LogP contribution is -2.32.